The highest BCUT2D eigenvalue weighted by atomic mass is 32.2. The zero-order chi connectivity index (χ0) is 16.4. The van der Waals surface area contributed by atoms with Crippen LogP contribution in [-0.4, -0.2) is 18.6 Å². The van der Waals surface area contributed by atoms with E-state index in [0.29, 0.717) is 5.69 Å². The molecule has 0 aliphatic carbocycles. The van der Waals surface area contributed by atoms with Gasteiger partial charge in [0, 0.05) is 23.7 Å². The third-order valence-electron chi connectivity index (χ3n) is 3.31. The first-order valence-electron chi connectivity index (χ1n) is 6.89. The second-order valence-corrected chi connectivity index (χ2v) is 7.61. The van der Waals surface area contributed by atoms with Crippen LogP contribution in [0.25, 0.3) is 10.6 Å². The van der Waals surface area contributed by atoms with E-state index in [1.54, 1.807) is 20.0 Å². The van der Waals surface area contributed by atoms with Crippen LogP contribution >= 0.6 is 11.3 Å². The fraction of sp³-hybridized carbons (Fsp3) is 0.200. The van der Waals surface area contributed by atoms with Gasteiger partial charge in [0.1, 0.15) is 15.6 Å². The largest absolute Gasteiger partial charge is 0.360 e. The van der Waals surface area contributed by atoms with Gasteiger partial charge in [0.05, 0.1) is 0 Å². The summed E-state index contributed by atoms with van der Waals surface area (Å²) in [5.74, 6) is 0.284. The van der Waals surface area contributed by atoms with Crippen molar-refractivity contribution in [2.24, 2.45) is 0 Å². The van der Waals surface area contributed by atoms with Crippen molar-refractivity contribution in [3.8, 4) is 10.6 Å². The van der Waals surface area contributed by atoms with Crippen molar-refractivity contribution in [3.63, 3.8) is 0 Å². The minimum Gasteiger partial charge on any atom is -0.360 e. The standard InChI is InChI=1S/C15H15N3O3S2/c1-10-14(11(2)21-18-10)23(19,20)17-9-12-4-3-5-13(8-12)15-16-6-7-22-15/h3-8,17H,9H2,1-2H3. The summed E-state index contributed by atoms with van der Waals surface area (Å²) in [5, 5.41) is 6.49. The van der Waals surface area contributed by atoms with Crippen LogP contribution in [0.1, 0.15) is 17.0 Å². The molecule has 3 aromatic rings. The van der Waals surface area contributed by atoms with Crippen molar-refractivity contribution in [1.29, 1.82) is 0 Å². The predicted octanol–water partition coefficient (Wildman–Crippen LogP) is 2.89. The lowest BCUT2D eigenvalue weighted by Gasteiger charge is -2.07. The minimum absolute atomic E-state index is 0.105. The second kappa shape index (κ2) is 6.23. The van der Waals surface area contributed by atoms with Gasteiger partial charge in [-0.1, -0.05) is 23.4 Å². The maximum Gasteiger partial charge on any atom is 0.246 e. The van der Waals surface area contributed by atoms with Gasteiger partial charge in [0.15, 0.2) is 5.76 Å². The van der Waals surface area contributed by atoms with E-state index in [1.165, 1.54) is 11.3 Å². The molecule has 0 amide bonds. The molecule has 120 valence electrons. The topological polar surface area (TPSA) is 85.1 Å². The predicted molar refractivity (Wildman–Crippen MR) is 87.6 cm³/mol. The summed E-state index contributed by atoms with van der Waals surface area (Å²) < 4.78 is 32.3. The van der Waals surface area contributed by atoms with Gasteiger partial charge in [-0.2, -0.15) is 0 Å². The number of aromatic nitrogens is 2. The summed E-state index contributed by atoms with van der Waals surface area (Å²) in [6.45, 7) is 3.37. The van der Waals surface area contributed by atoms with E-state index < -0.39 is 10.0 Å². The fourth-order valence-corrected chi connectivity index (χ4v) is 4.27. The molecule has 2 heterocycles. The number of hydrogen-bond acceptors (Lipinski definition) is 6. The molecule has 0 saturated heterocycles. The molecule has 0 fully saturated rings. The summed E-state index contributed by atoms with van der Waals surface area (Å²) in [6.07, 6.45) is 1.74. The van der Waals surface area contributed by atoms with Crippen LogP contribution in [0.4, 0.5) is 0 Å². The average Bonchev–Trinajstić information content (AvgIpc) is 3.16. The first kappa shape index (κ1) is 15.9. The van der Waals surface area contributed by atoms with E-state index in [4.69, 9.17) is 4.52 Å². The Morgan fingerprint density at radius 2 is 2.13 bits per heavy atom. The SMILES string of the molecule is Cc1noc(C)c1S(=O)(=O)NCc1cccc(-c2nccs2)c1. The molecule has 0 aliphatic heterocycles. The van der Waals surface area contributed by atoms with Crippen LogP contribution in [0.5, 0.6) is 0 Å². The maximum atomic E-state index is 12.4. The molecule has 1 N–H and O–H groups in total. The van der Waals surface area contributed by atoms with Crippen molar-refractivity contribution in [2.45, 2.75) is 25.3 Å². The van der Waals surface area contributed by atoms with E-state index in [-0.39, 0.29) is 17.2 Å². The summed E-state index contributed by atoms with van der Waals surface area (Å²) >= 11 is 1.54. The zero-order valence-corrected chi connectivity index (χ0v) is 14.2. The molecule has 1 aromatic carbocycles. The Bertz CT molecular complexity index is 896. The lowest BCUT2D eigenvalue weighted by molar-refractivity contribution is 0.390. The van der Waals surface area contributed by atoms with Crippen LogP contribution in [0.15, 0.2) is 45.3 Å². The molecule has 3 rings (SSSR count). The summed E-state index contributed by atoms with van der Waals surface area (Å²) in [5.41, 5.74) is 2.17. The van der Waals surface area contributed by atoms with E-state index >= 15 is 0 Å². The third-order valence-corrected chi connectivity index (χ3v) is 5.78. The van der Waals surface area contributed by atoms with Gasteiger partial charge in [-0.25, -0.2) is 18.1 Å². The van der Waals surface area contributed by atoms with Gasteiger partial charge in [-0.15, -0.1) is 11.3 Å². The monoisotopic (exact) mass is 349 g/mol. The van der Waals surface area contributed by atoms with Crippen LogP contribution < -0.4 is 4.72 Å². The average molecular weight is 349 g/mol. The fourth-order valence-electron chi connectivity index (χ4n) is 2.29. The summed E-state index contributed by atoms with van der Waals surface area (Å²) in [4.78, 5) is 4.36. The Morgan fingerprint density at radius 1 is 1.30 bits per heavy atom. The molecule has 0 unspecified atom stereocenters. The normalized spacial score (nSPS) is 11.7. The zero-order valence-electron chi connectivity index (χ0n) is 12.6. The number of nitrogens with one attached hydrogen (secondary N) is 1. The van der Waals surface area contributed by atoms with Gasteiger partial charge in [-0.05, 0) is 25.5 Å². The number of sulfonamides is 1. The molecule has 0 bridgehead atoms. The van der Waals surface area contributed by atoms with Crippen LogP contribution in [0, 0.1) is 13.8 Å². The number of hydrogen-bond donors (Lipinski definition) is 1. The highest BCUT2D eigenvalue weighted by Gasteiger charge is 2.23. The molecule has 23 heavy (non-hydrogen) atoms. The highest BCUT2D eigenvalue weighted by Crippen LogP contribution is 2.23. The minimum atomic E-state index is -3.66. The lowest BCUT2D eigenvalue weighted by Crippen LogP contribution is -2.24. The van der Waals surface area contributed by atoms with Crippen molar-refractivity contribution < 1.29 is 12.9 Å². The number of thiazole rings is 1. The van der Waals surface area contributed by atoms with E-state index in [1.807, 2.05) is 29.6 Å². The van der Waals surface area contributed by atoms with Gasteiger partial charge < -0.3 is 4.52 Å². The number of aryl methyl sites for hydroxylation is 2. The Balaban J connectivity index is 1.80. The van der Waals surface area contributed by atoms with Crippen LogP contribution in [0.2, 0.25) is 0 Å². The van der Waals surface area contributed by atoms with Crippen molar-refractivity contribution >= 4 is 21.4 Å². The molecule has 0 spiro atoms. The molecule has 6 nitrogen and oxygen atoms in total. The maximum absolute atomic E-state index is 12.4. The Hall–Kier alpha value is -2.03. The van der Waals surface area contributed by atoms with E-state index in [2.05, 4.69) is 14.9 Å². The van der Waals surface area contributed by atoms with Gasteiger partial charge in [0.25, 0.3) is 0 Å². The third kappa shape index (κ3) is 3.34. The molecular formula is C15H15N3O3S2. The molecular weight excluding hydrogens is 334 g/mol. The highest BCUT2D eigenvalue weighted by molar-refractivity contribution is 7.89. The molecule has 0 aliphatic rings. The van der Waals surface area contributed by atoms with Crippen LogP contribution in [-0.2, 0) is 16.6 Å². The molecule has 0 atom stereocenters. The van der Waals surface area contributed by atoms with E-state index in [9.17, 15) is 8.42 Å². The molecule has 0 radical (unpaired) electrons. The van der Waals surface area contributed by atoms with Crippen LogP contribution in [0.3, 0.4) is 0 Å². The summed E-state index contributed by atoms with van der Waals surface area (Å²) in [6, 6.07) is 7.63. The Morgan fingerprint density at radius 3 is 2.78 bits per heavy atom. The first-order valence-corrected chi connectivity index (χ1v) is 9.25. The van der Waals surface area contributed by atoms with Gasteiger partial charge in [-0.3, -0.25) is 0 Å². The van der Waals surface area contributed by atoms with E-state index in [0.717, 1.165) is 16.1 Å². The van der Waals surface area contributed by atoms with Crippen molar-refractivity contribution in [3.05, 3.63) is 52.9 Å². The summed E-state index contributed by atoms with van der Waals surface area (Å²) in [7, 11) is -3.66. The van der Waals surface area contributed by atoms with Gasteiger partial charge >= 0.3 is 0 Å². The lowest BCUT2D eigenvalue weighted by atomic mass is 10.1. The molecule has 8 heteroatoms. The first-order chi connectivity index (χ1) is 11.0. The molecule has 2 aromatic heterocycles. The quantitative estimate of drug-likeness (QED) is 0.765. The smallest absolute Gasteiger partial charge is 0.246 e. The Kier molecular flexibility index (Phi) is 4.29. The second-order valence-electron chi connectivity index (χ2n) is 5.02. The van der Waals surface area contributed by atoms with Gasteiger partial charge in [0.2, 0.25) is 10.0 Å². The molecule has 0 saturated carbocycles. The van der Waals surface area contributed by atoms with Crippen molar-refractivity contribution in [1.82, 2.24) is 14.9 Å². The van der Waals surface area contributed by atoms with Crippen molar-refractivity contribution in [2.75, 3.05) is 0 Å². The number of rotatable bonds is 5. The Labute approximate surface area is 138 Å². The number of nitrogens with zero attached hydrogens (tertiary/aromatic N) is 2. The number of benzene rings is 1.